The SMILES string of the molecule is Nc1c(Cl)cc(NC(=O)c2cc(-c3cccnc3)nc3ccccc23)cc1Cl. The number of aromatic nitrogens is 2. The first-order valence-electron chi connectivity index (χ1n) is 8.39. The van der Waals surface area contributed by atoms with E-state index in [1.165, 1.54) is 0 Å². The van der Waals surface area contributed by atoms with Crippen LogP contribution in [-0.4, -0.2) is 15.9 Å². The Hall–Kier alpha value is -3.15. The highest BCUT2D eigenvalue weighted by atomic mass is 35.5. The van der Waals surface area contributed by atoms with E-state index in [0.717, 1.165) is 10.9 Å². The van der Waals surface area contributed by atoms with Gasteiger partial charge in [0.05, 0.1) is 32.5 Å². The van der Waals surface area contributed by atoms with Crippen molar-refractivity contribution in [3.05, 3.63) is 82.6 Å². The summed E-state index contributed by atoms with van der Waals surface area (Å²) in [6.07, 6.45) is 3.39. The van der Waals surface area contributed by atoms with Crippen molar-refractivity contribution in [2.45, 2.75) is 0 Å². The molecule has 0 radical (unpaired) electrons. The number of hydrogen-bond acceptors (Lipinski definition) is 4. The van der Waals surface area contributed by atoms with Crippen LogP contribution in [-0.2, 0) is 0 Å². The summed E-state index contributed by atoms with van der Waals surface area (Å²) in [6.45, 7) is 0. The van der Waals surface area contributed by atoms with Gasteiger partial charge in [-0.25, -0.2) is 4.98 Å². The Morgan fingerprint density at radius 2 is 1.75 bits per heavy atom. The molecule has 0 aliphatic carbocycles. The predicted molar refractivity (Wildman–Crippen MR) is 114 cm³/mol. The largest absolute Gasteiger partial charge is 0.396 e. The van der Waals surface area contributed by atoms with Crippen molar-refractivity contribution in [3.63, 3.8) is 0 Å². The number of halogens is 2. The lowest BCUT2D eigenvalue weighted by Gasteiger charge is -2.12. The third-order valence-corrected chi connectivity index (χ3v) is 4.88. The van der Waals surface area contributed by atoms with Crippen molar-refractivity contribution in [1.82, 2.24) is 9.97 Å². The Kier molecular flexibility index (Phi) is 4.86. The molecule has 4 rings (SSSR count). The van der Waals surface area contributed by atoms with Crippen molar-refractivity contribution in [1.29, 1.82) is 0 Å². The minimum atomic E-state index is -0.305. The number of benzene rings is 2. The van der Waals surface area contributed by atoms with Gasteiger partial charge in [-0.1, -0.05) is 41.4 Å². The van der Waals surface area contributed by atoms with Gasteiger partial charge in [-0.2, -0.15) is 0 Å². The van der Waals surface area contributed by atoms with Crippen molar-refractivity contribution in [2.75, 3.05) is 11.1 Å². The Labute approximate surface area is 171 Å². The van der Waals surface area contributed by atoms with E-state index >= 15 is 0 Å². The molecule has 5 nitrogen and oxygen atoms in total. The fraction of sp³-hybridized carbons (Fsp3) is 0. The number of nitrogen functional groups attached to an aromatic ring is 1. The standard InChI is InChI=1S/C21H14Cl2N4O/c22-16-8-13(9-17(23)20(16)24)26-21(28)15-10-19(12-4-3-7-25-11-12)27-18-6-2-1-5-14(15)18/h1-11H,24H2,(H,26,28). The Bertz CT molecular complexity index is 1170. The van der Waals surface area contributed by atoms with Gasteiger partial charge in [0, 0.05) is 29.0 Å². The minimum absolute atomic E-state index is 0.273. The van der Waals surface area contributed by atoms with Crippen LogP contribution in [0, 0.1) is 0 Å². The molecular weight excluding hydrogens is 395 g/mol. The lowest BCUT2D eigenvalue weighted by atomic mass is 10.0. The van der Waals surface area contributed by atoms with E-state index in [1.54, 1.807) is 30.6 Å². The molecule has 0 fully saturated rings. The van der Waals surface area contributed by atoms with Crippen LogP contribution in [0.1, 0.15) is 10.4 Å². The van der Waals surface area contributed by atoms with Gasteiger partial charge in [0.1, 0.15) is 0 Å². The van der Waals surface area contributed by atoms with Crippen molar-refractivity contribution < 1.29 is 4.79 Å². The van der Waals surface area contributed by atoms with Crippen LogP contribution in [0.4, 0.5) is 11.4 Å². The first-order chi connectivity index (χ1) is 13.5. The quantitative estimate of drug-likeness (QED) is 0.442. The fourth-order valence-electron chi connectivity index (χ4n) is 2.88. The monoisotopic (exact) mass is 408 g/mol. The molecule has 0 unspecified atom stereocenters. The third-order valence-electron chi connectivity index (χ3n) is 4.26. The molecule has 0 aliphatic heterocycles. The molecule has 0 saturated heterocycles. The molecule has 0 aliphatic rings. The summed E-state index contributed by atoms with van der Waals surface area (Å²) >= 11 is 12.1. The number of anilines is 2. The van der Waals surface area contributed by atoms with E-state index in [2.05, 4.69) is 15.3 Å². The van der Waals surface area contributed by atoms with Crippen molar-refractivity contribution in [3.8, 4) is 11.3 Å². The highest BCUT2D eigenvalue weighted by Crippen LogP contribution is 2.32. The number of hydrogen-bond donors (Lipinski definition) is 2. The molecule has 2 heterocycles. The van der Waals surface area contributed by atoms with Gasteiger partial charge in [-0.3, -0.25) is 9.78 Å². The van der Waals surface area contributed by atoms with E-state index in [0.29, 0.717) is 22.5 Å². The summed E-state index contributed by atoms with van der Waals surface area (Å²) in [6, 6.07) is 16.0. The minimum Gasteiger partial charge on any atom is -0.396 e. The number of rotatable bonds is 3. The summed E-state index contributed by atoms with van der Waals surface area (Å²) in [5.41, 5.74) is 9.16. The summed E-state index contributed by atoms with van der Waals surface area (Å²) < 4.78 is 0. The average molecular weight is 409 g/mol. The van der Waals surface area contributed by atoms with Crippen LogP contribution >= 0.6 is 23.2 Å². The maximum Gasteiger partial charge on any atom is 0.256 e. The van der Waals surface area contributed by atoms with Crippen LogP contribution in [0.2, 0.25) is 10.0 Å². The van der Waals surface area contributed by atoms with Crippen LogP contribution in [0.25, 0.3) is 22.2 Å². The van der Waals surface area contributed by atoms with Crippen LogP contribution in [0.3, 0.4) is 0 Å². The smallest absolute Gasteiger partial charge is 0.256 e. The number of amides is 1. The summed E-state index contributed by atoms with van der Waals surface area (Å²) in [5, 5.41) is 4.12. The number of nitrogens with zero attached hydrogens (tertiary/aromatic N) is 2. The van der Waals surface area contributed by atoms with E-state index in [-0.39, 0.29) is 21.6 Å². The van der Waals surface area contributed by atoms with E-state index < -0.39 is 0 Å². The lowest BCUT2D eigenvalue weighted by Crippen LogP contribution is -2.13. The second-order valence-corrected chi connectivity index (χ2v) is 6.94. The third kappa shape index (κ3) is 3.50. The van der Waals surface area contributed by atoms with Crippen LogP contribution < -0.4 is 11.1 Å². The molecule has 28 heavy (non-hydrogen) atoms. The molecule has 138 valence electrons. The van der Waals surface area contributed by atoms with E-state index in [4.69, 9.17) is 28.9 Å². The van der Waals surface area contributed by atoms with Gasteiger partial charge in [0.2, 0.25) is 0 Å². The predicted octanol–water partition coefficient (Wildman–Crippen LogP) is 5.44. The molecule has 0 spiro atoms. The zero-order valence-corrected chi connectivity index (χ0v) is 16.0. The zero-order chi connectivity index (χ0) is 19.7. The van der Waals surface area contributed by atoms with Gasteiger partial charge in [-0.15, -0.1) is 0 Å². The Morgan fingerprint density at radius 1 is 1.00 bits per heavy atom. The van der Waals surface area contributed by atoms with Crippen molar-refractivity contribution in [2.24, 2.45) is 0 Å². The molecule has 0 atom stereocenters. The topological polar surface area (TPSA) is 80.9 Å². The molecule has 3 N–H and O–H groups in total. The van der Waals surface area contributed by atoms with Gasteiger partial charge in [-0.05, 0) is 36.4 Å². The van der Waals surface area contributed by atoms with E-state index in [1.807, 2.05) is 36.4 Å². The number of carbonyl (C=O) groups is 1. The van der Waals surface area contributed by atoms with Gasteiger partial charge in [0.15, 0.2) is 0 Å². The van der Waals surface area contributed by atoms with Crippen LogP contribution in [0.15, 0.2) is 67.0 Å². The maximum atomic E-state index is 13.0. The second-order valence-electron chi connectivity index (χ2n) is 6.12. The summed E-state index contributed by atoms with van der Waals surface area (Å²) in [7, 11) is 0. The molecule has 2 aromatic heterocycles. The molecule has 0 saturated carbocycles. The van der Waals surface area contributed by atoms with Crippen molar-refractivity contribution >= 4 is 51.4 Å². The number of carbonyl (C=O) groups excluding carboxylic acids is 1. The Balaban J connectivity index is 1.80. The van der Waals surface area contributed by atoms with E-state index in [9.17, 15) is 4.79 Å². The number of pyridine rings is 2. The molecule has 4 aromatic rings. The fourth-order valence-corrected chi connectivity index (χ4v) is 3.37. The first-order valence-corrected chi connectivity index (χ1v) is 9.14. The molecular formula is C21H14Cl2N4O. The maximum absolute atomic E-state index is 13.0. The Morgan fingerprint density at radius 3 is 2.46 bits per heavy atom. The van der Waals surface area contributed by atoms with Gasteiger partial charge >= 0.3 is 0 Å². The normalized spacial score (nSPS) is 10.8. The molecule has 0 bridgehead atoms. The average Bonchev–Trinajstić information content (AvgIpc) is 2.71. The first kappa shape index (κ1) is 18.2. The molecule has 1 amide bonds. The number of para-hydroxylation sites is 1. The number of nitrogens with one attached hydrogen (secondary N) is 1. The second kappa shape index (κ2) is 7.46. The molecule has 7 heteroatoms. The van der Waals surface area contributed by atoms with Gasteiger partial charge in [0.25, 0.3) is 5.91 Å². The lowest BCUT2D eigenvalue weighted by molar-refractivity contribution is 0.102. The summed E-state index contributed by atoms with van der Waals surface area (Å²) in [5.74, 6) is -0.305. The van der Waals surface area contributed by atoms with Crippen LogP contribution in [0.5, 0.6) is 0 Å². The number of fused-ring (bicyclic) bond motifs is 1. The van der Waals surface area contributed by atoms with Gasteiger partial charge < -0.3 is 11.1 Å². The number of nitrogens with two attached hydrogens (primary N) is 1. The highest BCUT2D eigenvalue weighted by Gasteiger charge is 2.15. The highest BCUT2D eigenvalue weighted by molar-refractivity contribution is 6.39. The molecule has 2 aromatic carbocycles. The summed E-state index contributed by atoms with van der Waals surface area (Å²) in [4.78, 5) is 21.8. The zero-order valence-electron chi connectivity index (χ0n) is 14.5.